The molecule has 1 aromatic heterocycles. The van der Waals surface area contributed by atoms with Crippen LogP contribution in [0.1, 0.15) is 17.3 Å². The molecule has 0 spiro atoms. The predicted molar refractivity (Wildman–Crippen MR) is 81.4 cm³/mol. The van der Waals surface area contributed by atoms with Crippen LogP contribution in [0.15, 0.2) is 48.8 Å². The van der Waals surface area contributed by atoms with Crippen LogP contribution in [0, 0.1) is 0 Å². The molecule has 0 fully saturated rings. The fourth-order valence-electron chi connectivity index (χ4n) is 1.59. The molecule has 1 heterocycles. The molecule has 0 bridgehead atoms. The molecule has 6 nitrogen and oxygen atoms in total. The van der Waals surface area contributed by atoms with Gasteiger partial charge in [-0.1, -0.05) is 17.7 Å². The maximum Gasteiger partial charge on any atom is 0.279 e. The number of nitrogens with one attached hydrogen (secondary N) is 2. The largest absolute Gasteiger partial charge is 0.481 e. The Labute approximate surface area is 132 Å². The highest BCUT2D eigenvalue weighted by Crippen LogP contribution is 2.18. The van der Waals surface area contributed by atoms with Crippen LogP contribution in [0.3, 0.4) is 0 Å². The maximum absolute atomic E-state index is 11.9. The van der Waals surface area contributed by atoms with E-state index in [0.29, 0.717) is 16.3 Å². The number of nitrogens with zero attached hydrogens (tertiary/aromatic N) is 1. The van der Waals surface area contributed by atoms with Gasteiger partial charge in [0.1, 0.15) is 5.75 Å². The number of aromatic nitrogens is 1. The molecule has 0 saturated heterocycles. The first-order chi connectivity index (χ1) is 10.6. The third kappa shape index (κ3) is 4.46. The Balaban J connectivity index is 1.85. The predicted octanol–water partition coefficient (Wildman–Crippen LogP) is 1.96. The number of ether oxygens (including phenoxy) is 1. The quantitative estimate of drug-likeness (QED) is 0.844. The molecule has 0 aliphatic rings. The highest BCUT2D eigenvalue weighted by atomic mass is 35.5. The second kappa shape index (κ2) is 7.42. The number of rotatable bonds is 4. The van der Waals surface area contributed by atoms with E-state index in [4.69, 9.17) is 16.3 Å². The fraction of sp³-hybridized carbons (Fsp3) is 0.133. The van der Waals surface area contributed by atoms with Crippen molar-refractivity contribution in [1.82, 2.24) is 15.8 Å². The minimum atomic E-state index is -0.798. The van der Waals surface area contributed by atoms with Crippen molar-refractivity contribution in [1.29, 1.82) is 0 Å². The van der Waals surface area contributed by atoms with Crippen molar-refractivity contribution in [3.8, 4) is 5.75 Å². The molecule has 22 heavy (non-hydrogen) atoms. The summed E-state index contributed by atoms with van der Waals surface area (Å²) >= 11 is 5.83. The number of benzene rings is 1. The molecule has 0 unspecified atom stereocenters. The van der Waals surface area contributed by atoms with Gasteiger partial charge in [-0.15, -0.1) is 0 Å². The van der Waals surface area contributed by atoms with E-state index >= 15 is 0 Å². The van der Waals surface area contributed by atoms with Gasteiger partial charge in [0.05, 0.1) is 5.56 Å². The number of amides is 2. The summed E-state index contributed by atoms with van der Waals surface area (Å²) in [6.07, 6.45) is 2.15. The van der Waals surface area contributed by atoms with Crippen molar-refractivity contribution < 1.29 is 14.3 Å². The van der Waals surface area contributed by atoms with Crippen LogP contribution in [0.25, 0.3) is 0 Å². The lowest BCUT2D eigenvalue weighted by Crippen LogP contribution is -2.47. The second-order valence-corrected chi connectivity index (χ2v) is 4.84. The number of hydrogen-bond donors (Lipinski definition) is 2. The molecule has 114 valence electrons. The molecule has 0 radical (unpaired) electrons. The summed E-state index contributed by atoms with van der Waals surface area (Å²) in [7, 11) is 0. The molecular weight excluding hydrogens is 306 g/mol. The highest BCUT2D eigenvalue weighted by Gasteiger charge is 2.16. The normalized spacial score (nSPS) is 11.4. The van der Waals surface area contributed by atoms with Gasteiger partial charge in [0.25, 0.3) is 11.8 Å². The van der Waals surface area contributed by atoms with Crippen molar-refractivity contribution in [2.24, 2.45) is 0 Å². The van der Waals surface area contributed by atoms with Gasteiger partial charge >= 0.3 is 0 Å². The molecule has 0 aliphatic heterocycles. The molecule has 2 N–H and O–H groups in total. The molecule has 7 heteroatoms. The summed E-state index contributed by atoms with van der Waals surface area (Å²) in [5, 5.41) is 0.509. The van der Waals surface area contributed by atoms with Gasteiger partial charge in [-0.3, -0.25) is 25.4 Å². The fourth-order valence-corrected chi connectivity index (χ4v) is 1.77. The molecule has 2 rings (SSSR count). The van der Waals surface area contributed by atoms with E-state index in [-0.39, 0.29) is 0 Å². The number of carbonyl (C=O) groups is 2. The Bertz CT molecular complexity index is 664. The van der Waals surface area contributed by atoms with Crippen LogP contribution in [0.4, 0.5) is 0 Å². The lowest BCUT2D eigenvalue weighted by molar-refractivity contribution is -0.128. The van der Waals surface area contributed by atoms with Crippen molar-refractivity contribution in [3.05, 3.63) is 59.4 Å². The minimum Gasteiger partial charge on any atom is -0.481 e. The van der Waals surface area contributed by atoms with Crippen molar-refractivity contribution in [3.63, 3.8) is 0 Å². The summed E-state index contributed by atoms with van der Waals surface area (Å²) < 4.78 is 5.43. The van der Waals surface area contributed by atoms with Crippen molar-refractivity contribution in [2.45, 2.75) is 13.0 Å². The van der Waals surface area contributed by atoms with Gasteiger partial charge in [0.15, 0.2) is 6.10 Å². The Morgan fingerprint density at radius 1 is 1.23 bits per heavy atom. The number of hydrogen-bond acceptors (Lipinski definition) is 4. The molecule has 0 saturated carbocycles. The average molecular weight is 320 g/mol. The van der Waals surface area contributed by atoms with Gasteiger partial charge in [-0.2, -0.15) is 0 Å². The van der Waals surface area contributed by atoms with E-state index in [9.17, 15) is 9.59 Å². The van der Waals surface area contributed by atoms with Crippen LogP contribution >= 0.6 is 11.6 Å². The number of pyridine rings is 1. The van der Waals surface area contributed by atoms with E-state index < -0.39 is 17.9 Å². The average Bonchev–Trinajstić information content (AvgIpc) is 2.53. The summed E-state index contributed by atoms with van der Waals surface area (Å²) in [5.41, 5.74) is 4.92. The number of halogens is 1. The second-order valence-electron chi connectivity index (χ2n) is 4.40. The Morgan fingerprint density at radius 2 is 2.05 bits per heavy atom. The van der Waals surface area contributed by atoms with E-state index in [1.807, 2.05) is 0 Å². The summed E-state index contributed by atoms with van der Waals surface area (Å²) in [6.45, 7) is 1.56. The first-order valence-corrected chi connectivity index (χ1v) is 6.86. The zero-order valence-corrected chi connectivity index (χ0v) is 12.5. The summed E-state index contributed by atoms with van der Waals surface area (Å²) in [6, 6.07) is 9.91. The third-order valence-corrected chi connectivity index (χ3v) is 2.94. The smallest absolute Gasteiger partial charge is 0.279 e. The van der Waals surface area contributed by atoms with E-state index in [1.54, 1.807) is 49.5 Å². The molecule has 2 amide bonds. The topological polar surface area (TPSA) is 80.3 Å². The molecule has 1 aromatic carbocycles. The van der Waals surface area contributed by atoms with Crippen LogP contribution < -0.4 is 15.6 Å². The number of hydrazine groups is 1. The van der Waals surface area contributed by atoms with Crippen molar-refractivity contribution in [2.75, 3.05) is 0 Å². The molecule has 1 atom stereocenters. The first-order valence-electron chi connectivity index (χ1n) is 6.48. The monoisotopic (exact) mass is 319 g/mol. The van der Waals surface area contributed by atoms with Crippen LogP contribution in [-0.4, -0.2) is 22.9 Å². The number of carbonyl (C=O) groups excluding carboxylic acids is 2. The Kier molecular flexibility index (Phi) is 5.32. The molecule has 2 aromatic rings. The van der Waals surface area contributed by atoms with Gasteiger partial charge < -0.3 is 4.74 Å². The lowest BCUT2D eigenvalue weighted by atomic mass is 10.3. The van der Waals surface area contributed by atoms with E-state index in [0.717, 1.165) is 0 Å². The van der Waals surface area contributed by atoms with E-state index in [1.165, 1.54) is 6.20 Å². The highest BCUT2D eigenvalue weighted by molar-refractivity contribution is 6.30. The van der Waals surface area contributed by atoms with Crippen molar-refractivity contribution >= 4 is 23.4 Å². The van der Waals surface area contributed by atoms with Gasteiger partial charge in [-0.05, 0) is 37.3 Å². The zero-order valence-electron chi connectivity index (χ0n) is 11.7. The first kappa shape index (κ1) is 15.8. The summed E-state index contributed by atoms with van der Waals surface area (Å²) in [5.74, 6) is -0.484. The van der Waals surface area contributed by atoms with Gasteiger partial charge in [0.2, 0.25) is 0 Å². The van der Waals surface area contributed by atoms with Crippen LogP contribution in [0.5, 0.6) is 5.75 Å². The van der Waals surface area contributed by atoms with Crippen LogP contribution in [0.2, 0.25) is 5.02 Å². The maximum atomic E-state index is 11.9. The SMILES string of the molecule is C[C@H](Oc1cccc(Cl)c1)C(=O)NNC(=O)c1cccnc1. The van der Waals surface area contributed by atoms with Crippen LogP contribution in [-0.2, 0) is 4.79 Å². The van der Waals surface area contributed by atoms with E-state index in [2.05, 4.69) is 15.8 Å². The summed E-state index contributed by atoms with van der Waals surface area (Å²) in [4.78, 5) is 27.4. The lowest BCUT2D eigenvalue weighted by Gasteiger charge is -2.15. The zero-order chi connectivity index (χ0) is 15.9. The molecule has 0 aliphatic carbocycles. The Hall–Kier alpha value is -2.60. The molecular formula is C15H14ClN3O3. The Morgan fingerprint density at radius 3 is 2.73 bits per heavy atom. The standard InChI is InChI=1S/C15H14ClN3O3/c1-10(22-13-6-2-5-12(16)8-13)14(20)18-19-15(21)11-4-3-7-17-9-11/h2-10H,1H3,(H,18,20)(H,19,21)/t10-/m0/s1. The third-order valence-electron chi connectivity index (χ3n) is 2.70. The minimum absolute atomic E-state index is 0.339. The van der Waals surface area contributed by atoms with Gasteiger partial charge in [-0.25, -0.2) is 0 Å². The van der Waals surface area contributed by atoms with Gasteiger partial charge in [0, 0.05) is 17.4 Å².